The first kappa shape index (κ1) is 31.2. The molecule has 5 nitrogen and oxygen atoms in total. The highest BCUT2D eigenvalue weighted by atomic mass is 15.3. The Kier molecular flexibility index (Phi) is 5.90. The van der Waals surface area contributed by atoms with Crippen molar-refractivity contribution in [3.63, 3.8) is 0 Å². The molecule has 2 aliphatic carbocycles. The molecule has 0 atom stereocenters. The predicted octanol–water partition coefficient (Wildman–Crippen LogP) is 12.7. The minimum atomic E-state index is -0.495. The molecule has 0 unspecified atom stereocenters. The summed E-state index contributed by atoms with van der Waals surface area (Å²) in [6.07, 6.45) is 0. The molecular weight excluding hydrogens is 719 g/mol. The van der Waals surface area contributed by atoms with E-state index in [-0.39, 0.29) is 0 Å². The number of hydrogen-bond donors (Lipinski definition) is 0. The van der Waals surface area contributed by atoms with Crippen LogP contribution < -0.4 is 0 Å². The fourth-order valence-electron chi connectivity index (χ4n) is 11.0. The van der Waals surface area contributed by atoms with Gasteiger partial charge in [-0.2, -0.15) is 15.0 Å². The molecule has 0 N–H and O–H groups in total. The number of rotatable bonds is 3. The van der Waals surface area contributed by atoms with Gasteiger partial charge in [-0.05, 0) is 79.2 Å². The van der Waals surface area contributed by atoms with E-state index < -0.39 is 5.41 Å². The first-order valence-corrected chi connectivity index (χ1v) is 20.2. The molecule has 9 aromatic carbocycles. The van der Waals surface area contributed by atoms with Gasteiger partial charge in [-0.3, -0.25) is 9.13 Å². The fraction of sp³-hybridized carbons (Fsp3) is 0.0185. The Labute approximate surface area is 338 Å². The van der Waals surface area contributed by atoms with E-state index in [1.165, 1.54) is 71.1 Å². The van der Waals surface area contributed by atoms with Crippen molar-refractivity contribution in [3.8, 4) is 34.4 Å². The van der Waals surface area contributed by atoms with E-state index in [0.29, 0.717) is 17.7 Å². The van der Waals surface area contributed by atoms with Crippen LogP contribution in [-0.2, 0) is 5.41 Å². The Hall–Kier alpha value is -7.89. The lowest BCUT2D eigenvalue weighted by Crippen LogP contribution is -2.30. The standard InChI is InChI=1S/C54H31N5/c1-2-15-34(16-3-1)51-55-52(58-43-26-11-8-21-38(43)48-35-18-5-4-14-32(35)28-30-45(48)58)57-53(56-51)59-44-27-13-25-42-49(44)50-46(59)31-29-33-17-12-24-41(47(33)50)54(42)39-22-9-6-19-36(39)37-20-7-10-23-40(37)54/h1-31H. The number of benzene rings is 9. The van der Waals surface area contributed by atoms with Crippen molar-refractivity contribution in [1.29, 1.82) is 0 Å². The molecule has 59 heavy (non-hydrogen) atoms. The maximum atomic E-state index is 5.52. The van der Waals surface area contributed by atoms with E-state index in [2.05, 4.69) is 179 Å². The number of fused-ring (bicyclic) bond motifs is 12. The normalized spacial score (nSPS) is 13.6. The molecule has 14 rings (SSSR count). The van der Waals surface area contributed by atoms with Crippen LogP contribution in [0.15, 0.2) is 188 Å². The molecule has 5 heteroatoms. The summed E-state index contributed by atoms with van der Waals surface area (Å²) in [5.41, 5.74) is 12.5. The summed E-state index contributed by atoms with van der Waals surface area (Å²) in [4.78, 5) is 16.2. The Morgan fingerprint density at radius 2 is 0.847 bits per heavy atom. The molecule has 0 aliphatic heterocycles. The number of hydrogen-bond acceptors (Lipinski definition) is 3. The highest BCUT2D eigenvalue weighted by molar-refractivity contribution is 6.26. The molecule has 1 spiro atoms. The van der Waals surface area contributed by atoms with Gasteiger partial charge >= 0.3 is 0 Å². The van der Waals surface area contributed by atoms with Gasteiger partial charge in [0.05, 0.1) is 27.5 Å². The molecule has 0 radical (unpaired) electrons. The average molecular weight is 750 g/mol. The molecular formula is C54H31N5. The van der Waals surface area contributed by atoms with Crippen LogP contribution in [-0.4, -0.2) is 24.1 Å². The monoisotopic (exact) mass is 749 g/mol. The van der Waals surface area contributed by atoms with Crippen molar-refractivity contribution in [2.24, 2.45) is 0 Å². The van der Waals surface area contributed by atoms with Gasteiger partial charge in [0.1, 0.15) is 0 Å². The number of para-hydroxylation sites is 1. The van der Waals surface area contributed by atoms with Crippen molar-refractivity contribution < 1.29 is 0 Å². The van der Waals surface area contributed by atoms with Crippen LogP contribution in [0.4, 0.5) is 0 Å². The summed E-state index contributed by atoms with van der Waals surface area (Å²) in [5, 5.41) is 9.75. The lowest BCUT2D eigenvalue weighted by molar-refractivity contribution is 0.783. The van der Waals surface area contributed by atoms with Crippen LogP contribution in [0.3, 0.4) is 0 Å². The van der Waals surface area contributed by atoms with E-state index in [1.807, 2.05) is 18.2 Å². The Bertz CT molecular complexity index is 3750. The quantitative estimate of drug-likeness (QED) is 0.181. The zero-order chi connectivity index (χ0) is 38.4. The van der Waals surface area contributed by atoms with Crippen LogP contribution in [0.25, 0.3) is 99.6 Å². The van der Waals surface area contributed by atoms with Crippen molar-refractivity contribution in [2.75, 3.05) is 0 Å². The van der Waals surface area contributed by atoms with E-state index in [1.54, 1.807) is 0 Å². The Morgan fingerprint density at radius 1 is 0.322 bits per heavy atom. The van der Waals surface area contributed by atoms with E-state index >= 15 is 0 Å². The van der Waals surface area contributed by atoms with Crippen LogP contribution in [0.2, 0.25) is 0 Å². The average Bonchev–Trinajstić information content (AvgIpc) is 3.93. The van der Waals surface area contributed by atoms with E-state index in [0.717, 1.165) is 33.0 Å². The zero-order valence-electron chi connectivity index (χ0n) is 31.6. The molecule has 2 aliphatic rings. The number of nitrogens with zero attached hydrogens (tertiary/aromatic N) is 5. The fourth-order valence-corrected chi connectivity index (χ4v) is 11.0. The highest BCUT2D eigenvalue weighted by Gasteiger charge is 2.50. The van der Waals surface area contributed by atoms with Gasteiger partial charge in [0.25, 0.3) is 0 Å². The Balaban J connectivity index is 1.13. The summed E-state index contributed by atoms with van der Waals surface area (Å²) < 4.78 is 4.51. The second kappa shape index (κ2) is 11.2. The van der Waals surface area contributed by atoms with Gasteiger partial charge < -0.3 is 0 Å². The minimum absolute atomic E-state index is 0.495. The van der Waals surface area contributed by atoms with Crippen molar-refractivity contribution in [2.45, 2.75) is 5.41 Å². The molecule has 3 heterocycles. The molecule has 0 saturated carbocycles. The van der Waals surface area contributed by atoms with Crippen molar-refractivity contribution in [3.05, 3.63) is 210 Å². The largest absolute Gasteiger partial charge is 0.278 e. The Morgan fingerprint density at radius 3 is 1.63 bits per heavy atom. The van der Waals surface area contributed by atoms with Gasteiger partial charge in [-0.1, -0.05) is 164 Å². The van der Waals surface area contributed by atoms with E-state index in [9.17, 15) is 0 Å². The van der Waals surface area contributed by atoms with Gasteiger partial charge in [0.15, 0.2) is 5.82 Å². The first-order valence-electron chi connectivity index (χ1n) is 20.2. The van der Waals surface area contributed by atoms with Crippen LogP contribution in [0, 0.1) is 0 Å². The molecule has 0 bridgehead atoms. The lowest BCUT2D eigenvalue weighted by Gasteiger charge is -2.37. The maximum absolute atomic E-state index is 5.52. The second-order valence-electron chi connectivity index (χ2n) is 15.9. The summed E-state index contributed by atoms with van der Waals surface area (Å²) in [5.74, 6) is 1.78. The van der Waals surface area contributed by atoms with Gasteiger partial charge in [-0.15, -0.1) is 0 Å². The summed E-state index contributed by atoms with van der Waals surface area (Å²) in [7, 11) is 0. The topological polar surface area (TPSA) is 48.5 Å². The van der Waals surface area contributed by atoms with Crippen LogP contribution in [0.1, 0.15) is 22.3 Å². The molecule has 272 valence electrons. The predicted molar refractivity (Wildman–Crippen MR) is 240 cm³/mol. The minimum Gasteiger partial charge on any atom is -0.278 e. The van der Waals surface area contributed by atoms with Crippen molar-refractivity contribution in [1.82, 2.24) is 24.1 Å². The van der Waals surface area contributed by atoms with Gasteiger partial charge in [0, 0.05) is 27.1 Å². The molecule has 0 fully saturated rings. The zero-order valence-corrected chi connectivity index (χ0v) is 31.6. The lowest BCUT2D eigenvalue weighted by atomic mass is 9.63. The third kappa shape index (κ3) is 3.83. The SMILES string of the molecule is c1ccc(-c2nc(-n3c4ccccc4c4c5ccccc5ccc43)nc(-n3c4cccc5c4c4c6c(cccc6ccc43)C53c4ccccc4-c4ccccc43)n2)cc1. The smallest absolute Gasteiger partial charge is 0.240 e. The third-order valence-electron chi connectivity index (χ3n) is 13.2. The van der Waals surface area contributed by atoms with Crippen LogP contribution in [0.5, 0.6) is 0 Å². The molecule has 3 aromatic heterocycles. The highest BCUT2D eigenvalue weighted by Crippen LogP contribution is 2.62. The van der Waals surface area contributed by atoms with E-state index in [4.69, 9.17) is 15.0 Å². The number of aromatic nitrogens is 5. The van der Waals surface area contributed by atoms with Crippen LogP contribution >= 0.6 is 0 Å². The molecule has 0 saturated heterocycles. The molecule has 0 amide bonds. The van der Waals surface area contributed by atoms with Crippen molar-refractivity contribution >= 4 is 65.2 Å². The summed E-state index contributed by atoms with van der Waals surface area (Å²) >= 11 is 0. The second-order valence-corrected chi connectivity index (χ2v) is 15.9. The molecule has 12 aromatic rings. The van der Waals surface area contributed by atoms with Gasteiger partial charge in [0.2, 0.25) is 11.9 Å². The summed E-state index contributed by atoms with van der Waals surface area (Å²) in [6, 6.07) is 68.1. The third-order valence-corrected chi connectivity index (χ3v) is 13.2. The summed E-state index contributed by atoms with van der Waals surface area (Å²) in [6.45, 7) is 0. The van der Waals surface area contributed by atoms with Gasteiger partial charge in [-0.25, -0.2) is 0 Å². The first-order chi connectivity index (χ1) is 29.3. The maximum Gasteiger partial charge on any atom is 0.240 e.